The van der Waals surface area contributed by atoms with E-state index in [1.807, 2.05) is 13.2 Å². The van der Waals surface area contributed by atoms with E-state index in [1.54, 1.807) is 0 Å². The summed E-state index contributed by atoms with van der Waals surface area (Å²) in [4.78, 5) is 6.66. The number of pyridine rings is 1. The van der Waals surface area contributed by atoms with Crippen LogP contribution in [-0.2, 0) is 0 Å². The van der Waals surface area contributed by atoms with Gasteiger partial charge in [0.15, 0.2) is 0 Å². The number of hydrogen-bond acceptors (Lipinski definition) is 3. The van der Waals surface area contributed by atoms with Gasteiger partial charge >= 0.3 is 0 Å². The highest BCUT2D eigenvalue weighted by Crippen LogP contribution is 2.19. The molecule has 3 nitrogen and oxygen atoms in total. The van der Waals surface area contributed by atoms with Crippen molar-refractivity contribution in [3.63, 3.8) is 0 Å². The Morgan fingerprint density at radius 3 is 2.69 bits per heavy atom. The van der Waals surface area contributed by atoms with Gasteiger partial charge in [-0.2, -0.15) is 0 Å². The molecule has 1 aromatic rings. The quantitative estimate of drug-likeness (QED) is 0.798. The number of aromatic nitrogens is 1. The Kier molecular flexibility index (Phi) is 5.26. The molecule has 0 bridgehead atoms. The molecule has 0 aliphatic heterocycles. The number of nitrogens with zero attached hydrogens (tertiary/aromatic N) is 2. The first-order valence-corrected chi connectivity index (χ1v) is 6.00. The molecule has 3 heteroatoms. The van der Waals surface area contributed by atoms with Gasteiger partial charge in [-0.15, -0.1) is 0 Å². The van der Waals surface area contributed by atoms with E-state index in [0.717, 1.165) is 25.3 Å². The fraction of sp³-hybridized carbons (Fsp3) is 0.615. The molecule has 0 saturated heterocycles. The molecule has 0 aliphatic rings. The molecule has 0 radical (unpaired) electrons. The molecule has 0 aliphatic carbocycles. The minimum absolute atomic E-state index is 0.601. The van der Waals surface area contributed by atoms with Crippen LogP contribution in [0.1, 0.15) is 31.7 Å². The summed E-state index contributed by atoms with van der Waals surface area (Å²) in [6, 6.07) is 4.30. The van der Waals surface area contributed by atoms with Gasteiger partial charge in [0.25, 0.3) is 0 Å². The zero-order valence-corrected chi connectivity index (χ0v) is 10.8. The summed E-state index contributed by atoms with van der Waals surface area (Å²) in [7, 11) is 4.04. The summed E-state index contributed by atoms with van der Waals surface area (Å²) in [5.41, 5.74) is 1.33. The minimum atomic E-state index is 0.601. The van der Waals surface area contributed by atoms with E-state index < -0.39 is 0 Å². The number of likely N-dealkylation sites (N-methyl/N-ethyl adjacent to an activating group) is 2. The first-order chi connectivity index (χ1) is 7.69. The van der Waals surface area contributed by atoms with Crippen LogP contribution >= 0.6 is 0 Å². The molecule has 1 heterocycles. The lowest BCUT2D eigenvalue weighted by molar-refractivity contribution is 0.726. The molecular formula is C13H23N3. The van der Waals surface area contributed by atoms with E-state index in [4.69, 9.17) is 0 Å². The number of rotatable bonds is 6. The maximum Gasteiger partial charge on any atom is 0.128 e. The van der Waals surface area contributed by atoms with Crippen molar-refractivity contribution in [2.24, 2.45) is 0 Å². The smallest absolute Gasteiger partial charge is 0.128 e. The maximum atomic E-state index is 4.50. The van der Waals surface area contributed by atoms with Crippen molar-refractivity contribution < 1.29 is 0 Å². The van der Waals surface area contributed by atoms with Crippen molar-refractivity contribution in [2.75, 3.05) is 32.1 Å². The van der Waals surface area contributed by atoms with Crippen LogP contribution in [-0.4, -0.2) is 32.2 Å². The third-order valence-corrected chi connectivity index (χ3v) is 3.04. The lowest BCUT2D eigenvalue weighted by Gasteiger charge is -2.18. The average Bonchev–Trinajstić information content (AvgIpc) is 2.35. The summed E-state index contributed by atoms with van der Waals surface area (Å²) in [6.45, 7) is 6.40. The molecule has 0 fully saturated rings. The topological polar surface area (TPSA) is 28.2 Å². The highest BCUT2D eigenvalue weighted by molar-refractivity contribution is 5.38. The average molecular weight is 221 g/mol. The van der Waals surface area contributed by atoms with Crippen LogP contribution < -0.4 is 10.2 Å². The Morgan fingerprint density at radius 2 is 2.19 bits per heavy atom. The first kappa shape index (κ1) is 13.0. The van der Waals surface area contributed by atoms with Gasteiger partial charge in [0, 0.05) is 26.3 Å². The first-order valence-electron chi connectivity index (χ1n) is 6.00. The molecule has 1 atom stereocenters. The van der Waals surface area contributed by atoms with Crippen LogP contribution in [0, 0.1) is 0 Å². The molecule has 0 unspecified atom stereocenters. The lowest BCUT2D eigenvalue weighted by Crippen LogP contribution is -2.27. The maximum absolute atomic E-state index is 4.50. The Hall–Kier alpha value is -1.09. The van der Waals surface area contributed by atoms with E-state index >= 15 is 0 Å². The van der Waals surface area contributed by atoms with E-state index in [1.165, 1.54) is 5.56 Å². The highest BCUT2D eigenvalue weighted by atomic mass is 15.2. The summed E-state index contributed by atoms with van der Waals surface area (Å²) in [5.74, 6) is 1.64. The second-order valence-corrected chi connectivity index (χ2v) is 4.28. The van der Waals surface area contributed by atoms with Crippen LogP contribution in [0.5, 0.6) is 0 Å². The predicted octanol–water partition coefficient (Wildman–Crippen LogP) is 2.25. The fourth-order valence-electron chi connectivity index (χ4n) is 1.54. The number of anilines is 1. The summed E-state index contributed by atoms with van der Waals surface area (Å²) >= 11 is 0. The molecule has 1 N–H and O–H groups in total. The molecular weight excluding hydrogens is 198 g/mol. The third-order valence-electron chi connectivity index (χ3n) is 3.04. The Morgan fingerprint density at radius 1 is 1.44 bits per heavy atom. The van der Waals surface area contributed by atoms with Crippen LogP contribution in [0.15, 0.2) is 18.3 Å². The van der Waals surface area contributed by atoms with Crippen molar-refractivity contribution in [1.29, 1.82) is 0 Å². The Bertz CT molecular complexity index is 295. The minimum Gasteiger partial charge on any atom is -0.358 e. The molecule has 16 heavy (non-hydrogen) atoms. The van der Waals surface area contributed by atoms with Gasteiger partial charge in [-0.25, -0.2) is 4.98 Å². The SMILES string of the molecule is CC[C@H](C)c1ccc(N(C)CCNC)nc1. The van der Waals surface area contributed by atoms with Gasteiger partial charge in [-0.3, -0.25) is 0 Å². The number of nitrogens with one attached hydrogen (secondary N) is 1. The lowest BCUT2D eigenvalue weighted by atomic mass is 10.0. The normalized spacial score (nSPS) is 12.5. The van der Waals surface area contributed by atoms with Crippen LogP contribution in [0.25, 0.3) is 0 Å². The highest BCUT2D eigenvalue weighted by Gasteiger charge is 2.05. The molecule has 0 aromatic carbocycles. The molecule has 1 rings (SSSR count). The molecule has 0 spiro atoms. The van der Waals surface area contributed by atoms with Crippen molar-refractivity contribution in [3.8, 4) is 0 Å². The van der Waals surface area contributed by atoms with Gasteiger partial charge in [0.05, 0.1) is 0 Å². The van der Waals surface area contributed by atoms with Gasteiger partial charge in [0.2, 0.25) is 0 Å². The molecule has 90 valence electrons. The van der Waals surface area contributed by atoms with Gasteiger partial charge in [-0.05, 0) is 31.0 Å². The summed E-state index contributed by atoms with van der Waals surface area (Å²) in [6.07, 6.45) is 3.16. The molecule has 0 saturated carbocycles. The number of hydrogen-bond donors (Lipinski definition) is 1. The summed E-state index contributed by atoms with van der Waals surface area (Å²) in [5, 5.41) is 3.14. The van der Waals surface area contributed by atoms with Gasteiger partial charge in [-0.1, -0.05) is 19.9 Å². The van der Waals surface area contributed by atoms with Crippen molar-refractivity contribution >= 4 is 5.82 Å². The van der Waals surface area contributed by atoms with Gasteiger partial charge in [0.1, 0.15) is 5.82 Å². The summed E-state index contributed by atoms with van der Waals surface area (Å²) < 4.78 is 0. The van der Waals surface area contributed by atoms with Crippen molar-refractivity contribution in [1.82, 2.24) is 10.3 Å². The second kappa shape index (κ2) is 6.48. The van der Waals surface area contributed by atoms with E-state index in [0.29, 0.717) is 5.92 Å². The monoisotopic (exact) mass is 221 g/mol. The van der Waals surface area contributed by atoms with Crippen molar-refractivity contribution in [2.45, 2.75) is 26.2 Å². The van der Waals surface area contributed by atoms with Crippen molar-refractivity contribution in [3.05, 3.63) is 23.9 Å². The Labute approximate surface area is 98.9 Å². The predicted molar refractivity (Wildman–Crippen MR) is 70.1 cm³/mol. The molecule has 0 amide bonds. The molecule has 1 aromatic heterocycles. The van der Waals surface area contributed by atoms with Gasteiger partial charge < -0.3 is 10.2 Å². The van der Waals surface area contributed by atoms with E-state index in [-0.39, 0.29) is 0 Å². The van der Waals surface area contributed by atoms with Crippen LogP contribution in [0.2, 0.25) is 0 Å². The largest absolute Gasteiger partial charge is 0.358 e. The van der Waals surface area contributed by atoms with Crippen LogP contribution in [0.4, 0.5) is 5.82 Å². The van der Waals surface area contributed by atoms with E-state index in [2.05, 4.69) is 48.2 Å². The zero-order valence-electron chi connectivity index (χ0n) is 10.8. The van der Waals surface area contributed by atoms with E-state index in [9.17, 15) is 0 Å². The third kappa shape index (κ3) is 3.49. The Balaban J connectivity index is 2.63. The standard InChI is InChI=1S/C13H23N3/c1-5-11(2)12-6-7-13(15-10-12)16(4)9-8-14-3/h6-7,10-11,14H,5,8-9H2,1-4H3/t11-/m0/s1. The fourth-order valence-corrected chi connectivity index (χ4v) is 1.54. The second-order valence-electron chi connectivity index (χ2n) is 4.28. The van der Waals surface area contributed by atoms with Crippen LogP contribution in [0.3, 0.4) is 0 Å². The zero-order chi connectivity index (χ0) is 12.0.